The van der Waals surface area contributed by atoms with E-state index in [4.69, 9.17) is 4.74 Å². The number of fused-ring (bicyclic) bond motifs is 1. The molecule has 0 radical (unpaired) electrons. The molecule has 1 N–H and O–H groups in total. The van der Waals surface area contributed by atoms with Crippen molar-refractivity contribution in [3.8, 4) is 11.3 Å². The maximum absolute atomic E-state index is 13.3. The lowest BCUT2D eigenvalue weighted by molar-refractivity contribution is -0.137. The third kappa shape index (κ3) is 5.49. The summed E-state index contributed by atoms with van der Waals surface area (Å²) in [5.74, 6) is -0.307. The van der Waals surface area contributed by atoms with E-state index in [1.807, 2.05) is 7.05 Å². The molecule has 9 nitrogen and oxygen atoms in total. The standard InChI is InChI=1S/C26H25F3N6O3/c1-15-8-9-18(31-23(36)16-6-5-7-17(12-16)26(27,28)29)13-19(15)21-24(37)35(3)22-20(32-21)14-30-25(33-22)34(2)10-11-38-4/h5-9,12-14H,10-11H2,1-4H3,(H,31,36). The Morgan fingerprint density at radius 3 is 2.63 bits per heavy atom. The molecule has 0 unspecified atom stereocenters. The largest absolute Gasteiger partial charge is 0.416 e. The zero-order chi connectivity index (χ0) is 27.6. The van der Waals surface area contributed by atoms with Gasteiger partial charge in [-0.15, -0.1) is 0 Å². The Kier molecular flexibility index (Phi) is 7.44. The van der Waals surface area contributed by atoms with Crippen LogP contribution < -0.4 is 15.8 Å². The fraction of sp³-hybridized carbons (Fsp3) is 0.269. The number of aryl methyl sites for hydroxylation is 2. The smallest absolute Gasteiger partial charge is 0.383 e. The van der Waals surface area contributed by atoms with Crippen LogP contribution in [0.3, 0.4) is 0 Å². The van der Waals surface area contributed by atoms with Gasteiger partial charge in [-0.2, -0.15) is 18.2 Å². The summed E-state index contributed by atoms with van der Waals surface area (Å²) in [4.78, 5) is 41.1. The Bertz CT molecular complexity index is 1570. The van der Waals surface area contributed by atoms with E-state index in [0.29, 0.717) is 47.1 Å². The average Bonchev–Trinajstić information content (AvgIpc) is 2.90. The monoisotopic (exact) mass is 526 g/mol. The van der Waals surface area contributed by atoms with Crippen LogP contribution in [-0.2, 0) is 18.0 Å². The van der Waals surface area contributed by atoms with Gasteiger partial charge in [-0.3, -0.25) is 14.2 Å². The number of halogens is 3. The molecule has 0 saturated carbocycles. The lowest BCUT2D eigenvalue weighted by Gasteiger charge is -2.17. The molecule has 12 heteroatoms. The van der Waals surface area contributed by atoms with Crippen LogP contribution in [0.1, 0.15) is 21.5 Å². The number of aromatic nitrogens is 4. The van der Waals surface area contributed by atoms with Crippen molar-refractivity contribution in [3.05, 3.63) is 75.7 Å². The summed E-state index contributed by atoms with van der Waals surface area (Å²) in [7, 11) is 4.98. The number of amides is 1. The van der Waals surface area contributed by atoms with Gasteiger partial charge in [0.25, 0.3) is 11.5 Å². The molecule has 4 rings (SSSR count). The van der Waals surface area contributed by atoms with Crippen LogP contribution in [0, 0.1) is 6.92 Å². The number of ether oxygens (including phenoxy) is 1. The van der Waals surface area contributed by atoms with Crippen molar-refractivity contribution in [2.24, 2.45) is 7.05 Å². The van der Waals surface area contributed by atoms with Crippen molar-refractivity contribution in [2.75, 3.05) is 37.5 Å². The topological polar surface area (TPSA) is 102 Å². The molecule has 0 atom stereocenters. The minimum atomic E-state index is -4.57. The highest BCUT2D eigenvalue weighted by molar-refractivity contribution is 6.04. The van der Waals surface area contributed by atoms with E-state index < -0.39 is 23.2 Å². The van der Waals surface area contributed by atoms with Gasteiger partial charge in [0.1, 0.15) is 11.2 Å². The van der Waals surface area contributed by atoms with Crippen LogP contribution in [0.5, 0.6) is 0 Å². The second-order valence-corrected chi connectivity index (χ2v) is 8.68. The molecule has 0 aliphatic rings. The van der Waals surface area contributed by atoms with Crippen molar-refractivity contribution in [2.45, 2.75) is 13.1 Å². The minimum Gasteiger partial charge on any atom is -0.383 e. The van der Waals surface area contributed by atoms with Gasteiger partial charge in [-0.25, -0.2) is 9.97 Å². The number of methoxy groups -OCH3 is 1. The van der Waals surface area contributed by atoms with Crippen LogP contribution in [-0.4, -0.2) is 52.7 Å². The fourth-order valence-electron chi connectivity index (χ4n) is 3.79. The second-order valence-electron chi connectivity index (χ2n) is 8.68. The molecule has 0 bridgehead atoms. The number of hydrogen-bond donors (Lipinski definition) is 1. The normalized spacial score (nSPS) is 11.6. The van der Waals surface area contributed by atoms with Crippen molar-refractivity contribution in [1.29, 1.82) is 0 Å². The summed E-state index contributed by atoms with van der Waals surface area (Å²) >= 11 is 0. The third-order valence-electron chi connectivity index (χ3n) is 5.97. The van der Waals surface area contributed by atoms with Crippen LogP contribution in [0.2, 0.25) is 0 Å². The summed E-state index contributed by atoms with van der Waals surface area (Å²) in [5, 5.41) is 2.60. The number of likely N-dealkylation sites (N-methyl/N-ethyl adjacent to an activating group) is 1. The molecule has 4 aromatic rings. The second kappa shape index (κ2) is 10.6. The van der Waals surface area contributed by atoms with E-state index in [1.54, 1.807) is 44.2 Å². The number of benzene rings is 2. The Hall–Kier alpha value is -4.32. The van der Waals surface area contributed by atoms with Gasteiger partial charge in [0, 0.05) is 44.6 Å². The number of nitrogens with zero attached hydrogens (tertiary/aromatic N) is 5. The lowest BCUT2D eigenvalue weighted by atomic mass is 10.0. The molecule has 198 valence electrons. The van der Waals surface area contributed by atoms with Gasteiger partial charge in [0.2, 0.25) is 5.95 Å². The predicted molar refractivity (Wildman–Crippen MR) is 137 cm³/mol. The molecule has 0 fully saturated rings. The summed E-state index contributed by atoms with van der Waals surface area (Å²) in [6.07, 6.45) is -3.04. The minimum absolute atomic E-state index is 0.122. The van der Waals surface area contributed by atoms with Crippen molar-refractivity contribution < 1.29 is 22.7 Å². The number of carbonyl (C=O) groups is 1. The maximum Gasteiger partial charge on any atom is 0.416 e. The van der Waals surface area contributed by atoms with Crippen LogP contribution in [0.15, 0.2) is 53.5 Å². The fourth-order valence-corrected chi connectivity index (χ4v) is 3.79. The van der Waals surface area contributed by atoms with Crippen molar-refractivity contribution in [1.82, 2.24) is 19.5 Å². The summed E-state index contributed by atoms with van der Waals surface area (Å²) in [5.41, 5.74) is 0.840. The van der Waals surface area contributed by atoms with E-state index in [-0.39, 0.29) is 11.3 Å². The molecular formula is C26H25F3N6O3. The first-order valence-electron chi connectivity index (χ1n) is 11.5. The number of hydrogen-bond acceptors (Lipinski definition) is 7. The van der Waals surface area contributed by atoms with Crippen LogP contribution in [0.25, 0.3) is 22.4 Å². The highest BCUT2D eigenvalue weighted by atomic mass is 19.4. The summed E-state index contributed by atoms with van der Waals surface area (Å²) in [6, 6.07) is 8.99. The molecule has 0 aliphatic heterocycles. The first-order valence-corrected chi connectivity index (χ1v) is 11.5. The van der Waals surface area contributed by atoms with Crippen molar-refractivity contribution in [3.63, 3.8) is 0 Å². The Morgan fingerprint density at radius 1 is 1.16 bits per heavy atom. The Labute approximate surface area is 215 Å². The van der Waals surface area contributed by atoms with Gasteiger partial charge < -0.3 is 15.0 Å². The average molecular weight is 527 g/mol. The molecule has 2 aromatic heterocycles. The van der Waals surface area contributed by atoms with Crippen LogP contribution in [0.4, 0.5) is 24.8 Å². The molecule has 0 aliphatic carbocycles. The number of carbonyl (C=O) groups excluding carboxylic acids is 1. The maximum atomic E-state index is 13.3. The number of rotatable bonds is 7. The van der Waals surface area contributed by atoms with Gasteiger partial charge in [-0.05, 0) is 42.8 Å². The first kappa shape index (κ1) is 26.7. The summed E-state index contributed by atoms with van der Waals surface area (Å²) in [6.45, 7) is 2.82. The third-order valence-corrected chi connectivity index (χ3v) is 5.97. The van der Waals surface area contributed by atoms with E-state index in [9.17, 15) is 22.8 Å². The summed E-state index contributed by atoms with van der Waals surface area (Å²) < 4.78 is 45.6. The molecule has 2 heterocycles. The zero-order valence-corrected chi connectivity index (χ0v) is 21.1. The molecule has 0 spiro atoms. The zero-order valence-electron chi connectivity index (χ0n) is 21.1. The van der Waals surface area contributed by atoms with E-state index in [2.05, 4.69) is 20.3 Å². The number of nitrogens with one attached hydrogen (secondary N) is 1. The first-order chi connectivity index (χ1) is 18.0. The van der Waals surface area contributed by atoms with Crippen molar-refractivity contribution >= 4 is 28.7 Å². The number of alkyl halides is 3. The van der Waals surface area contributed by atoms with Gasteiger partial charge >= 0.3 is 6.18 Å². The number of anilines is 2. The Balaban J connectivity index is 1.68. The predicted octanol–water partition coefficient (Wildman–Crippen LogP) is 4.05. The molecule has 1 amide bonds. The van der Waals surface area contributed by atoms with E-state index in [0.717, 1.165) is 12.1 Å². The SMILES string of the molecule is COCCN(C)c1ncc2nc(-c3cc(NC(=O)c4cccc(C(F)(F)F)c4)ccc3C)c(=O)n(C)c2n1. The van der Waals surface area contributed by atoms with E-state index >= 15 is 0 Å². The lowest BCUT2D eigenvalue weighted by Crippen LogP contribution is -2.26. The molecular weight excluding hydrogens is 501 g/mol. The Morgan fingerprint density at radius 2 is 1.92 bits per heavy atom. The quantitative estimate of drug-likeness (QED) is 0.388. The van der Waals surface area contributed by atoms with E-state index in [1.165, 1.54) is 22.9 Å². The molecule has 2 aromatic carbocycles. The highest BCUT2D eigenvalue weighted by Crippen LogP contribution is 2.30. The molecule has 0 saturated heterocycles. The highest BCUT2D eigenvalue weighted by Gasteiger charge is 2.31. The molecule has 38 heavy (non-hydrogen) atoms. The van der Waals surface area contributed by atoms with Gasteiger partial charge in [0.05, 0.1) is 18.4 Å². The van der Waals surface area contributed by atoms with Gasteiger partial charge in [0.15, 0.2) is 5.65 Å². The van der Waals surface area contributed by atoms with Gasteiger partial charge in [-0.1, -0.05) is 12.1 Å². The van der Waals surface area contributed by atoms with Crippen LogP contribution >= 0.6 is 0 Å².